The van der Waals surface area contributed by atoms with Crippen molar-refractivity contribution >= 4 is 5.97 Å². The minimum atomic E-state index is -0.147. The molecule has 0 saturated carbocycles. The van der Waals surface area contributed by atoms with Crippen LogP contribution in [0.1, 0.15) is 40.0 Å². The van der Waals surface area contributed by atoms with Gasteiger partial charge in [0, 0.05) is 13.1 Å². The highest BCUT2D eigenvalue weighted by atomic mass is 16.5. The molecule has 0 heterocycles. The fourth-order valence-electron chi connectivity index (χ4n) is 1.48. The van der Waals surface area contributed by atoms with Crippen LogP contribution in [-0.4, -0.2) is 26.2 Å². The van der Waals surface area contributed by atoms with Gasteiger partial charge in [0.25, 0.3) is 0 Å². The van der Waals surface area contributed by atoms with E-state index in [2.05, 4.69) is 30.8 Å². The Balaban J connectivity index is 3.48. The highest BCUT2D eigenvalue weighted by Gasteiger charge is 2.15. The van der Waals surface area contributed by atoms with Gasteiger partial charge >= 0.3 is 5.97 Å². The van der Waals surface area contributed by atoms with E-state index in [1.54, 1.807) is 0 Å². The van der Waals surface area contributed by atoms with Gasteiger partial charge in [-0.05, 0) is 11.8 Å². The number of rotatable bonds is 7. The van der Waals surface area contributed by atoms with Crippen molar-refractivity contribution in [1.29, 1.82) is 0 Å². The zero-order valence-corrected chi connectivity index (χ0v) is 9.85. The first kappa shape index (κ1) is 13.4. The number of carbonyl (C=O) groups excluding carboxylic acids is 1. The molecule has 0 aliphatic carbocycles. The molecule has 3 heteroatoms. The molecule has 0 aromatic rings. The molecule has 0 aliphatic rings. The van der Waals surface area contributed by atoms with Crippen LogP contribution in [0.5, 0.6) is 0 Å². The normalized spacial score (nSPS) is 11.4. The number of hydrogen-bond donors (Lipinski definition) is 1. The van der Waals surface area contributed by atoms with E-state index >= 15 is 0 Å². The SMILES string of the molecule is CCCC(C)(C)CNCCC(=O)OC. The molecular weight excluding hydrogens is 178 g/mol. The topological polar surface area (TPSA) is 38.3 Å². The lowest BCUT2D eigenvalue weighted by Crippen LogP contribution is -2.30. The summed E-state index contributed by atoms with van der Waals surface area (Å²) in [4.78, 5) is 10.8. The van der Waals surface area contributed by atoms with Crippen molar-refractivity contribution in [3.05, 3.63) is 0 Å². The molecule has 0 atom stereocenters. The molecule has 84 valence electrons. The fraction of sp³-hybridized carbons (Fsp3) is 0.909. The van der Waals surface area contributed by atoms with E-state index < -0.39 is 0 Å². The lowest BCUT2D eigenvalue weighted by Gasteiger charge is -2.24. The van der Waals surface area contributed by atoms with E-state index in [0.29, 0.717) is 18.4 Å². The number of esters is 1. The molecule has 0 rings (SSSR count). The summed E-state index contributed by atoms with van der Waals surface area (Å²) in [6.07, 6.45) is 2.86. The van der Waals surface area contributed by atoms with E-state index in [4.69, 9.17) is 0 Å². The molecule has 0 spiro atoms. The van der Waals surface area contributed by atoms with Crippen LogP contribution in [0.2, 0.25) is 0 Å². The molecular formula is C11H23NO2. The van der Waals surface area contributed by atoms with E-state index in [1.165, 1.54) is 20.0 Å². The zero-order chi connectivity index (χ0) is 11.0. The zero-order valence-electron chi connectivity index (χ0n) is 9.85. The van der Waals surface area contributed by atoms with Crippen LogP contribution in [0.15, 0.2) is 0 Å². The van der Waals surface area contributed by atoms with Crippen molar-refractivity contribution in [3.63, 3.8) is 0 Å². The summed E-state index contributed by atoms with van der Waals surface area (Å²) in [6, 6.07) is 0. The summed E-state index contributed by atoms with van der Waals surface area (Å²) in [5.41, 5.74) is 0.324. The standard InChI is InChI=1S/C11H23NO2/c1-5-7-11(2,3)9-12-8-6-10(13)14-4/h12H,5-9H2,1-4H3. The summed E-state index contributed by atoms with van der Waals surface area (Å²) in [6.45, 7) is 8.33. The van der Waals surface area contributed by atoms with Crippen molar-refractivity contribution in [3.8, 4) is 0 Å². The summed E-state index contributed by atoms with van der Waals surface area (Å²) >= 11 is 0. The van der Waals surface area contributed by atoms with Crippen molar-refractivity contribution < 1.29 is 9.53 Å². The Hall–Kier alpha value is -0.570. The Morgan fingerprint density at radius 3 is 2.57 bits per heavy atom. The molecule has 0 aromatic heterocycles. The van der Waals surface area contributed by atoms with Crippen LogP contribution in [-0.2, 0) is 9.53 Å². The third-order valence-electron chi connectivity index (χ3n) is 2.26. The monoisotopic (exact) mass is 201 g/mol. The number of ether oxygens (including phenoxy) is 1. The van der Waals surface area contributed by atoms with Gasteiger partial charge in [0.05, 0.1) is 13.5 Å². The predicted octanol–water partition coefficient (Wildman–Crippen LogP) is 1.97. The van der Waals surface area contributed by atoms with Crippen LogP contribution in [0.3, 0.4) is 0 Å². The Morgan fingerprint density at radius 1 is 1.43 bits per heavy atom. The Kier molecular flexibility index (Phi) is 6.54. The second kappa shape index (κ2) is 6.82. The highest BCUT2D eigenvalue weighted by molar-refractivity contribution is 5.69. The van der Waals surface area contributed by atoms with Gasteiger partial charge in [-0.15, -0.1) is 0 Å². The smallest absolute Gasteiger partial charge is 0.306 e. The average molecular weight is 201 g/mol. The lowest BCUT2D eigenvalue weighted by atomic mass is 9.88. The molecule has 3 nitrogen and oxygen atoms in total. The van der Waals surface area contributed by atoms with Gasteiger partial charge in [0.15, 0.2) is 0 Å². The molecule has 0 unspecified atom stereocenters. The second-order valence-corrected chi connectivity index (χ2v) is 4.42. The van der Waals surface area contributed by atoms with Crippen molar-refractivity contribution in [2.45, 2.75) is 40.0 Å². The maximum Gasteiger partial charge on any atom is 0.306 e. The first-order chi connectivity index (χ1) is 6.52. The molecule has 1 N–H and O–H groups in total. The van der Waals surface area contributed by atoms with Crippen molar-refractivity contribution in [2.75, 3.05) is 20.2 Å². The molecule has 0 aliphatic heterocycles. The highest BCUT2D eigenvalue weighted by Crippen LogP contribution is 2.20. The maximum atomic E-state index is 10.8. The van der Waals surface area contributed by atoms with E-state index in [0.717, 1.165) is 6.54 Å². The first-order valence-electron chi connectivity index (χ1n) is 5.29. The summed E-state index contributed by atoms with van der Waals surface area (Å²) in [5.74, 6) is -0.147. The van der Waals surface area contributed by atoms with Gasteiger partial charge in [-0.1, -0.05) is 27.2 Å². The molecule has 0 amide bonds. The number of hydrogen-bond acceptors (Lipinski definition) is 3. The fourth-order valence-corrected chi connectivity index (χ4v) is 1.48. The largest absolute Gasteiger partial charge is 0.469 e. The second-order valence-electron chi connectivity index (χ2n) is 4.42. The first-order valence-corrected chi connectivity index (χ1v) is 5.29. The average Bonchev–Trinajstić information content (AvgIpc) is 2.12. The van der Waals surface area contributed by atoms with Crippen LogP contribution >= 0.6 is 0 Å². The predicted molar refractivity (Wildman–Crippen MR) is 58.2 cm³/mol. The van der Waals surface area contributed by atoms with Crippen LogP contribution in [0.25, 0.3) is 0 Å². The Labute approximate surface area is 87.2 Å². The number of methoxy groups -OCH3 is 1. The van der Waals surface area contributed by atoms with Gasteiger partial charge in [-0.2, -0.15) is 0 Å². The van der Waals surface area contributed by atoms with Gasteiger partial charge in [-0.25, -0.2) is 0 Å². The van der Waals surface area contributed by atoms with Crippen LogP contribution in [0.4, 0.5) is 0 Å². The molecule has 0 saturated heterocycles. The van der Waals surface area contributed by atoms with E-state index in [-0.39, 0.29) is 5.97 Å². The minimum absolute atomic E-state index is 0.147. The third kappa shape index (κ3) is 6.89. The lowest BCUT2D eigenvalue weighted by molar-refractivity contribution is -0.140. The van der Waals surface area contributed by atoms with Gasteiger partial charge < -0.3 is 10.1 Å². The summed E-state index contributed by atoms with van der Waals surface area (Å²) < 4.78 is 4.55. The molecule has 0 radical (unpaired) electrons. The van der Waals surface area contributed by atoms with E-state index in [1.807, 2.05) is 0 Å². The molecule has 14 heavy (non-hydrogen) atoms. The maximum absolute atomic E-state index is 10.8. The summed E-state index contributed by atoms with van der Waals surface area (Å²) in [7, 11) is 1.42. The minimum Gasteiger partial charge on any atom is -0.469 e. The van der Waals surface area contributed by atoms with Crippen molar-refractivity contribution in [1.82, 2.24) is 5.32 Å². The van der Waals surface area contributed by atoms with Crippen LogP contribution in [0, 0.1) is 5.41 Å². The Bertz CT molecular complexity index is 167. The molecule has 0 bridgehead atoms. The number of nitrogens with one attached hydrogen (secondary N) is 1. The Morgan fingerprint density at radius 2 is 2.07 bits per heavy atom. The quantitative estimate of drug-likeness (QED) is 0.505. The van der Waals surface area contributed by atoms with E-state index in [9.17, 15) is 4.79 Å². The molecule has 0 aromatic carbocycles. The third-order valence-corrected chi connectivity index (χ3v) is 2.26. The van der Waals surface area contributed by atoms with Gasteiger partial charge in [0.1, 0.15) is 0 Å². The van der Waals surface area contributed by atoms with Crippen LogP contribution < -0.4 is 5.32 Å². The summed E-state index contributed by atoms with van der Waals surface area (Å²) in [5, 5.41) is 3.27. The van der Waals surface area contributed by atoms with Gasteiger partial charge in [0.2, 0.25) is 0 Å². The number of carbonyl (C=O) groups is 1. The molecule has 0 fully saturated rings. The van der Waals surface area contributed by atoms with Crippen molar-refractivity contribution in [2.24, 2.45) is 5.41 Å². The van der Waals surface area contributed by atoms with Gasteiger partial charge in [-0.3, -0.25) is 4.79 Å².